The average Bonchev–Trinajstić information content (AvgIpc) is 2.32. The lowest BCUT2D eigenvalue weighted by Crippen LogP contribution is -2.24. The highest BCUT2D eigenvalue weighted by molar-refractivity contribution is 4.85. The van der Waals surface area contributed by atoms with Crippen LogP contribution in [0.2, 0.25) is 0 Å². The lowest BCUT2D eigenvalue weighted by Gasteiger charge is -2.26. The van der Waals surface area contributed by atoms with Crippen LogP contribution in [0, 0.1) is 11.3 Å². The molecule has 1 saturated carbocycles. The van der Waals surface area contributed by atoms with Crippen LogP contribution in [0.5, 0.6) is 0 Å². The highest BCUT2D eigenvalue weighted by Crippen LogP contribution is 2.38. The topological polar surface area (TPSA) is 12.0 Å². The summed E-state index contributed by atoms with van der Waals surface area (Å²) in [6, 6.07) is 0.791. The Labute approximate surface area is 70.6 Å². The minimum Gasteiger partial charge on any atom is -0.317 e. The summed E-state index contributed by atoms with van der Waals surface area (Å²) in [7, 11) is 2.08. The van der Waals surface area contributed by atoms with Crippen molar-refractivity contribution in [3.8, 4) is 0 Å². The molecule has 66 valence electrons. The molecule has 2 atom stereocenters. The highest BCUT2D eigenvalue weighted by atomic mass is 14.9. The second kappa shape index (κ2) is 3.14. The van der Waals surface area contributed by atoms with Crippen molar-refractivity contribution in [2.45, 2.75) is 46.1 Å². The first-order chi connectivity index (χ1) is 5.04. The van der Waals surface area contributed by atoms with Crippen LogP contribution in [0.25, 0.3) is 0 Å². The van der Waals surface area contributed by atoms with Crippen molar-refractivity contribution in [2.24, 2.45) is 11.3 Å². The van der Waals surface area contributed by atoms with Gasteiger partial charge in [-0.1, -0.05) is 20.8 Å². The Kier molecular flexibility index (Phi) is 2.58. The molecule has 0 aromatic heterocycles. The molecular formula is C10H21N. The normalized spacial score (nSPS) is 32.7. The molecule has 1 aliphatic rings. The van der Waals surface area contributed by atoms with E-state index in [1.54, 1.807) is 0 Å². The van der Waals surface area contributed by atoms with E-state index >= 15 is 0 Å². The fourth-order valence-electron chi connectivity index (χ4n) is 2.03. The van der Waals surface area contributed by atoms with E-state index in [1.807, 2.05) is 0 Å². The van der Waals surface area contributed by atoms with E-state index in [0.717, 1.165) is 12.0 Å². The predicted molar refractivity (Wildman–Crippen MR) is 49.6 cm³/mol. The summed E-state index contributed by atoms with van der Waals surface area (Å²) in [6.07, 6.45) is 4.16. The molecule has 0 amide bonds. The molecule has 0 spiro atoms. The summed E-state index contributed by atoms with van der Waals surface area (Å²) < 4.78 is 0. The second-order valence-corrected chi connectivity index (χ2v) is 4.86. The number of rotatable bonds is 1. The maximum absolute atomic E-state index is 3.37. The predicted octanol–water partition coefficient (Wildman–Crippen LogP) is 2.42. The van der Waals surface area contributed by atoms with Gasteiger partial charge in [0.15, 0.2) is 0 Å². The standard InChI is InChI=1S/C10H21N/c1-10(2,3)8-5-6-9(7-8)11-4/h8-9,11H,5-7H2,1-4H3/t8-,9+/m1/s1. The second-order valence-electron chi connectivity index (χ2n) is 4.86. The van der Waals surface area contributed by atoms with Gasteiger partial charge in [-0.3, -0.25) is 0 Å². The number of nitrogens with one attached hydrogen (secondary N) is 1. The van der Waals surface area contributed by atoms with E-state index < -0.39 is 0 Å². The Morgan fingerprint density at radius 1 is 1.18 bits per heavy atom. The maximum Gasteiger partial charge on any atom is 0.00670 e. The quantitative estimate of drug-likeness (QED) is 0.613. The van der Waals surface area contributed by atoms with Gasteiger partial charge in [-0.15, -0.1) is 0 Å². The van der Waals surface area contributed by atoms with E-state index in [2.05, 4.69) is 33.1 Å². The van der Waals surface area contributed by atoms with Crippen molar-refractivity contribution in [3.05, 3.63) is 0 Å². The van der Waals surface area contributed by atoms with Gasteiger partial charge in [-0.2, -0.15) is 0 Å². The summed E-state index contributed by atoms with van der Waals surface area (Å²) in [5.41, 5.74) is 0.519. The van der Waals surface area contributed by atoms with Gasteiger partial charge in [0.05, 0.1) is 0 Å². The lowest BCUT2D eigenvalue weighted by atomic mass is 9.80. The molecule has 1 nitrogen and oxygen atoms in total. The van der Waals surface area contributed by atoms with E-state index in [9.17, 15) is 0 Å². The van der Waals surface area contributed by atoms with Crippen LogP contribution in [0.4, 0.5) is 0 Å². The van der Waals surface area contributed by atoms with Crippen LogP contribution in [-0.2, 0) is 0 Å². The average molecular weight is 155 g/mol. The summed E-state index contributed by atoms with van der Waals surface area (Å²) in [5, 5.41) is 3.37. The third-order valence-corrected chi connectivity index (χ3v) is 3.07. The molecular weight excluding hydrogens is 134 g/mol. The fourth-order valence-corrected chi connectivity index (χ4v) is 2.03. The minimum atomic E-state index is 0.519. The molecule has 1 aliphatic carbocycles. The first kappa shape index (κ1) is 9.05. The van der Waals surface area contributed by atoms with Gasteiger partial charge in [-0.25, -0.2) is 0 Å². The molecule has 0 radical (unpaired) electrons. The Morgan fingerprint density at radius 2 is 1.82 bits per heavy atom. The molecule has 11 heavy (non-hydrogen) atoms. The van der Waals surface area contributed by atoms with Crippen LogP contribution in [0.15, 0.2) is 0 Å². The van der Waals surface area contributed by atoms with Gasteiger partial charge in [0, 0.05) is 6.04 Å². The van der Waals surface area contributed by atoms with Crippen molar-refractivity contribution in [1.29, 1.82) is 0 Å². The molecule has 0 aliphatic heterocycles. The Bertz CT molecular complexity index is 123. The third kappa shape index (κ3) is 2.19. The van der Waals surface area contributed by atoms with Crippen molar-refractivity contribution in [2.75, 3.05) is 7.05 Å². The molecule has 0 saturated heterocycles. The van der Waals surface area contributed by atoms with Crippen LogP contribution in [0.1, 0.15) is 40.0 Å². The molecule has 1 heteroatoms. The van der Waals surface area contributed by atoms with Crippen molar-refractivity contribution < 1.29 is 0 Å². The maximum atomic E-state index is 3.37. The molecule has 0 bridgehead atoms. The molecule has 1 fully saturated rings. The monoisotopic (exact) mass is 155 g/mol. The van der Waals surface area contributed by atoms with Crippen molar-refractivity contribution in [1.82, 2.24) is 5.32 Å². The van der Waals surface area contributed by atoms with E-state index in [4.69, 9.17) is 0 Å². The first-order valence-corrected chi connectivity index (χ1v) is 4.71. The molecule has 0 aromatic rings. The molecule has 0 heterocycles. The summed E-state index contributed by atoms with van der Waals surface area (Å²) in [4.78, 5) is 0. The smallest absolute Gasteiger partial charge is 0.00670 e. The van der Waals surface area contributed by atoms with Gasteiger partial charge >= 0.3 is 0 Å². The molecule has 0 unspecified atom stereocenters. The molecule has 1 rings (SSSR count). The summed E-state index contributed by atoms with van der Waals surface area (Å²) in [5.74, 6) is 0.931. The highest BCUT2D eigenvalue weighted by Gasteiger charge is 2.31. The summed E-state index contributed by atoms with van der Waals surface area (Å²) >= 11 is 0. The van der Waals surface area contributed by atoms with Crippen molar-refractivity contribution in [3.63, 3.8) is 0 Å². The Balaban J connectivity index is 2.42. The van der Waals surface area contributed by atoms with Gasteiger partial charge in [0.25, 0.3) is 0 Å². The van der Waals surface area contributed by atoms with Gasteiger partial charge in [-0.05, 0) is 37.6 Å². The largest absolute Gasteiger partial charge is 0.317 e. The third-order valence-electron chi connectivity index (χ3n) is 3.07. The Morgan fingerprint density at radius 3 is 2.09 bits per heavy atom. The molecule has 1 N–H and O–H groups in total. The lowest BCUT2D eigenvalue weighted by molar-refractivity contribution is 0.242. The summed E-state index contributed by atoms with van der Waals surface area (Å²) in [6.45, 7) is 7.07. The van der Waals surface area contributed by atoms with E-state index in [1.165, 1.54) is 19.3 Å². The zero-order valence-electron chi connectivity index (χ0n) is 8.28. The van der Waals surface area contributed by atoms with Crippen LogP contribution in [0.3, 0.4) is 0 Å². The van der Waals surface area contributed by atoms with Gasteiger partial charge < -0.3 is 5.32 Å². The first-order valence-electron chi connectivity index (χ1n) is 4.71. The number of hydrogen-bond acceptors (Lipinski definition) is 1. The van der Waals surface area contributed by atoms with Crippen molar-refractivity contribution >= 4 is 0 Å². The SMILES string of the molecule is CN[C@H]1CC[C@@H](C(C)(C)C)C1. The minimum absolute atomic E-state index is 0.519. The zero-order valence-corrected chi connectivity index (χ0v) is 8.28. The number of hydrogen-bond donors (Lipinski definition) is 1. The van der Waals surface area contributed by atoms with Crippen LogP contribution in [-0.4, -0.2) is 13.1 Å². The van der Waals surface area contributed by atoms with E-state index in [0.29, 0.717) is 5.41 Å². The van der Waals surface area contributed by atoms with Gasteiger partial charge in [0.1, 0.15) is 0 Å². The van der Waals surface area contributed by atoms with Gasteiger partial charge in [0.2, 0.25) is 0 Å². The van der Waals surface area contributed by atoms with E-state index in [-0.39, 0.29) is 0 Å². The van der Waals surface area contributed by atoms with Crippen LogP contribution < -0.4 is 5.32 Å². The van der Waals surface area contributed by atoms with Crippen LogP contribution >= 0.6 is 0 Å². The fraction of sp³-hybridized carbons (Fsp3) is 1.00. The zero-order chi connectivity index (χ0) is 8.48. The molecule has 0 aromatic carbocycles. The Hall–Kier alpha value is -0.0400.